The number of ether oxygens (including phenoxy) is 1. The number of halogens is 2. The first-order valence-electron chi connectivity index (χ1n) is 13.9. The van der Waals surface area contributed by atoms with Crippen LogP contribution in [0.5, 0.6) is 5.75 Å². The molecule has 210 valence electrons. The fourth-order valence-corrected chi connectivity index (χ4v) is 5.49. The molecular formula is C32H36F2N4O2. The number of nitrogens with one attached hydrogen (secondary N) is 1. The first-order valence-corrected chi connectivity index (χ1v) is 13.9. The lowest BCUT2D eigenvalue weighted by Gasteiger charge is -2.22. The SMILES string of the molecule is COc1cccc2c(C(=O)NCc3cccc(F)c3)cn(CCCN3CCCN(Cc4ccc(F)cc4)CC3)c12. The maximum atomic E-state index is 13.6. The number of carbonyl (C=O) groups is 1. The highest BCUT2D eigenvalue weighted by Gasteiger charge is 2.19. The Hall–Kier alpha value is -3.75. The number of benzene rings is 3. The summed E-state index contributed by atoms with van der Waals surface area (Å²) >= 11 is 0. The van der Waals surface area contributed by atoms with E-state index in [1.54, 1.807) is 19.2 Å². The summed E-state index contributed by atoms with van der Waals surface area (Å²) in [6, 6.07) is 18.8. The third kappa shape index (κ3) is 6.87. The average Bonchev–Trinajstić information content (AvgIpc) is 3.19. The van der Waals surface area contributed by atoms with Gasteiger partial charge in [0.15, 0.2) is 0 Å². The molecule has 0 radical (unpaired) electrons. The predicted octanol–water partition coefficient (Wildman–Crippen LogP) is 5.46. The Kier molecular flexibility index (Phi) is 9.08. The van der Waals surface area contributed by atoms with Crippen molar-refractivity contribution in [3.05, 3.63) is 101 Å². The van der Waals surface area contributed by atoms with E-state index in [2.05, 4.69) is 19.7 Å². The first-order chi connectivity index (χ1) is 19.5. The van der Waals surface area contributed by atoms with Gasteiger partial charge in [-0.15, -0.1) is 0 Å². The molecule has 6 nitrogen and oxygen atoms in total. The third-order valence-electron chi connectivity index (χ3n) is 7.54. The van der Waals surface area contributed by atoms with Gasteiger partial charge < -0.3 is 19.5 Å². The van der Waals surface area contributed by atoms with Gasteiger partial charge in [0.1, 0.15) is 17.4 Å². The Balaban J connectivity index is 1.20. The summed E-state index contributed by atoms with van der Waals surface area (Å²) < 4.78 is 34.6. The van der Waals surface area contributed by atoms with Gasteiger partial charge >= 0.3 is 0 Å². The van der Waals surface area contributed by atoms with Crippen LogP contribution in [0.2, 0.25) is 0 Å². The molecule has 1 aliphatic heterocycles. The van der Waals surface area contributed by atoms with Crippen molar-refractivity contribution in [3.63, 3.8) is 0 Å². The van der Waals surface area contributed by atoms with Crippen molar-refractivity contribution in [3.8, 4) is 5.75 Å². The van der Waals surface area contributed by atoms with Crippen LogP contribution in [0.15, 0.2) is 72.9 Å². The van der Waals surface area contributed by atoms with Gasteiger partial charge in [-0.25, -0.2) is 8.78 Å². The van der Waals surface area contributed by atoms with Crippen molar-refractivity contribution in [2.75, 3.05) is 39.8 Å². The van der Waals surface area contributed by atoms with Crippen molar-refractivity contribution in [1.29, 1.82) is 0 Å². The second kappa shape index (κ2) is 13.1. The Bertz CT molecular complexity index is 1440. The number of nitrogens with zero attached hydrogens (tertiary/aromatic N) is 3. The van der Waals surface area contributed by atoms with Crippen molar-refractivity contribution in [2.24, 2.45) is 0 Å². The lowest BCUT2D eigenvalue weighted by atomic mass is 10.1. The maximum Gasteiger partial charge on any atom is 0.253 e. The van der Waals surface area contributed by atoms with E-state index in [1.165, 1.54) is 24.3 Å². The fourth-order valence-electron chi connectivity index (χ4n) is 5.49. The van der Waals surface area contributed by atoms with E-state index in [1.807, 2.05) is 36.5 Å². The highest BCUT2D eigenvalue weighted by Crippen LogP contribution is 2.30. The molecule has 0 saturated carbocycles. The zero-order chi connectivity index (χ0) is 27.9. The summed E-state index contributed by atoms with van der Waals surface area (Å²) in [6.45, 7) is 6.85. The van der Waals surface area contributed by atoms with Gasteiger partial charge in [-0.1, -0.05) is 36.4 Å². The van der Waals surface area contributed by atoms with E-state index in [9.17, 15) is 13.6 Å². The molecule has 1 fully saturated rings. The van der Waals surface area contributed by atoms with Gasteiger partial charge in [-0.3, -0.25) is 9.69 Å². The normalized spacial score (nSPS) is 14.8. The predicted molar refractivity (Wildman–Crippen MR) is 153 cm³/mol. The highest BCUT2D eigenvalue weighted by molar-refractivity contribution is 6.08. The summed E-state index contributed by atoms with van der Waals surface area (Å²) in [5.74, 6) is 0.0106. The van der Waals surface area contributed by atoms with Gasteiger partial charge in [0.2, 0.25) is 0 Å². The number of carbonyl (C=O) groups excluding carboxylic acids is 1. The summed E-state index contributed by atoms with van der Waals surface area (Å²) in [7, 11) is 1.64. The van der Waals surface area contributed by atoms with Crippen LogP contribution in [-0.2, 0) is 19.6 Å². The summed E-state index contributed by atoms with van der Waals surface area (Å²) in [6.07, 6.45) is 3.93. The minimum Gasteiger partial charge on any atom is -0.495 e. The molecule has 1 saturated heterocycles. The molecule has 1 aromatic heterocycles. The molecule has 0 bridgehead atoms. The summed E-state index contributed by atoms with van der Waals surface area (Å²) in [5, 5.41) is 3.77. The molecule has 1 aliphatic rings. The molecule has 40 heavy (non-hydrogen) atoms. The molecule has 1 N–H and O–H groups in total. The molecule has 0 aliphatic carbocycles. The number of aromatic nitrogens is 1. The maximum absolute atomic E-state index is 13.6. The van der Waals surface area contributed by atoms with E-state index < -0.39 is 0 Å². The number of hydrogen-bond donors (Lipinski definition) is 1. The number of aryl methyl sites for hydroxylation is 1. The van der Waals surface area contributed by atoms with Crippen LogP contribution in [0.1, 0.15) is 34.3 Å². The van der Waals surface area contributed by atoms with E-state index in [0.717, 1.165) is 80.9 Å². The smallest absolute Gasteiger partial charge is 0.253 e. The molecule has 5 rings (SSSR count). The highest BCUT2D eigenvalue weighted by atomic mass is 19.1. The molecule has 0 spiro atoms. The number of methoxy groups -OCH3 is 1. The summed E-state index contributed by atoms with van der Waals surface area (Å²) in [4.78, 5) is 18.1. The number of rotatable bonds is 10. The van der Waals surface area contributed by atoms with Crippen LogP contribution in [0.25, 0.3) is 10.9 Å². The van der Waals surface area contributed by atoms with Crippen molar-refractivity contribution in [1.82, 2.24) is 19.7 Å². The second-order valence-corrected chi connectivity index (χ2v) is 10.4. The van der Waals surface area contributed by atoms with Crippen molar-refractivity contribution < 1.29 is 18.3 Å². The zero-order valence-electron chi connectivity index (χ0n) is 22.9. The third-order valence-corrected chi connectivity index (χ3v) is 7.54. The largest absolute Gasteiger partial charge is 0.495 e. The lowest BCUT2D eigenvalue weighted by Crippen LogP contribution is -2.31. The Labute approximate surface area is 234 Å². The lowest BCUT2D eigenvalue weighted by molar-refractivity contribution is 0.0952. The van der Waals surface area contributed by atoms with Crippen LogP contribution < -0.4 is 10.1 Å². The Morgan fingerprint density at radius 2 is 1.65 bits per heavy atom. The standard InChI is InChI=1S/C32H36F2N4O2/c1-40-30-9-3-8-28-29(32(39)35-21-25-6-2-7-27(34)20-25)23-38(31(28)30)17-5-15-36-14-4-16-37(19-18-36)22-24-10-12-26(33)13-11-24/h2-3,6-13,20,23H,4-5,14-19,21-22H2,1H3,(H,35,39). The van der Waals surface area contributed by atoms with Crippen LogP contribution >= 0.6 is 0 Å². The van der Waals surface area contributed by atoms with E-state index in [-0.39, 0.29) is 24.1 Å². The molecule has 1 amide bonds. The molecule has 8 heteroatoms. The average molecular weight is 547 g/mol. The van der Waals surface area contributed by atoms with E-state index in [0.29, 0.717) is 11.1 Å². The minimum absolute atomic E-state index is 0.199. The van der Waals surface area contributed by atoms with Gasteiger partial charge in [-0.2, -0.15) is 0 Å². The number of para-hydroxylation sites is 1. The number of amides is 1. The molecule has 4 aromatic rings. The van der Waals surface area contributed by atoms with Gasteiger partial charge in [-0.05, 0) is 73.9 Å². The van der Waals surface area contributed by atoms with E-state index in [4.69, 9.17) is 4.74 Å². The van der Waals surface area contributed by atoms with Crippen molar-refractivity contribution in [2.45, 2.75) is 32.5 Å². The minimum atomic E-state index is -0.321. The summed E-state index contributed by atoms with van der Waals surface area (Å²) in [5.41, 5.74) is 3.33. The number of fused-ring (bicyclic) bond motifs is 1. The zero-order valence-corrected chi connectivity index (χ0v) is 22.9. The van der Waals surface area contributed by atoms with Crippen molar-refractivity contribution >= 4 is 16.8 Å². The van der Waals surface area contributed by atoms with Gasteiger partial charge in [0.05, 0.1) is 18.2 Å². The first kappa shape index (κ1) is 27.8. The molecule has 2 heterocycles. The number of hydrogen-bond acceptors (Lipinski definition) is 4. The van der Waals surface area contributed by atoms with Gasteiger partial charge in [0.25, 0.3) is 5.91 Å². The quantitative estimate of drug-likeness (QED) is 0.287. The van der Waals surface area contributed by atoms with Crippen LogP contribution in [-0.4, -0.2) is 60.1 Å². The van der Waals surface area contributed by atoms with E-state index >= 15 is 0 Å². The van der Waals surface area contributed by atoms with Gasteiger partial charge in [0, 0.05) is 44.3 Å². The molecular weight excluding hydrogens is 510 g/mol. The van der Waals surface area contributed by atoms with Crippen LogP contribution in [0, 0.1) is 11.6 Å². The fraction of sp³-hybridized carbons (Fsp3) is 0.344. The Morgan fingerprint density at radius 3 is 2.45 bits per heavy atom. The molecule has 0 atom stereocenters. The van der Waals surface area contributed by atoms with Crippen LogP contribution in [0.3, 0.4) is 0 Å². The Morgan fingerprint density at radius 1 is 0.875 bits per heavy atom. The van der Waals surface area contributed by atoms with Crippen LogP contribution in [0.4, 0.5) is 8.78 Å². The topological polar surface area (TPSA) is 49.7 Å². The molecule has 3 aromatic carbocycles. The monoisotopic (exact) mass is 546 g/mol. The molecule has 0 unspecified atom stereocenters. The second-order valence-electron chi connectivity index (χ2n) is 10.4.